The Kier molecular flexibility index (Phi) is 8.36. The van der Waals surface area contributed by atoms with Gasteiger partial charge < -0.3 is 10.6 Å². The van der Waals surface area contributed by atoms with Crippen LogP contribution < -0.4 is 10.6 Å². The quantitative estimate of drug-likeness (QED) is 0.143. The van der Waals surface area contributed by atoms with Crippen molar-refractivity contribution in [2.45, 2.75) is 32.5 Å². The lowest BCUT2D eigenvalue weighted by Gasteiger charge is -2.11. The van der Waals surface area contributed by atoms with E-state index in [0.717, 1.165) is 29.1 Å². The molecule has 0 aliphatic heterocycles. The zero-order valence-corrected chi connectivity index (χ0v) is 19.6. The van der Waals surface area contributed by atoms with E-state index in [1.165, 1.54) is 18.2 Å². The van der Waals surface area contributed by atoms with Crippen molar-refractivity contribution in [3.8, 4) is 0 Å². The van der Waals surface area contributed by atoms with E-state index in [4.69, 9.17) is 0 Å². The molecule has 33 heavy (non-hydrogen) atoms. The molecule has 0 unspecified atom stereocenters. The second-order valence-corrected chi connectivity index (χ2v) is 8.87. The highest BCUT2D eigenvalue weighted by Crippen LogP contribution is 2.24. The van der Waals surface area contributed by atoms with Crippen LogP contribution in [0.2, 0.25) is 0 Å². The Morgan fingerprint density at radius 3 is 2.70 bits per heavy atom. The third kappa shape index (κ3) is 6.75. The molecule has 0 saturated heterocycles. The van der Waals surface area contributed by atoms with Gasteiger partial charge in [-0.1, -0.05) is 32.5 Å². The number of benzene rings is 1. The van der Waals surface area contributed by atoms with Crippen LogP contribution in [0, 0.1) is 16.0 Å². The Morgan fingerprint density at radius 2 is 2.03 bits per heavy atom. The SMILES string of the molecule is CCSc1nc(NCC(C)C)c2cnn(CCNC(=O)/C=C\c3ccc([N+](=O)[O-])cc3)c2n1. The van der Waals surface area contributed by atoms with Crippen molar-refractivity contribution in [2.75, 3.05) is 24.2 Å². The Bertz CT molecular complexity index is 1140. The van der Waals surface area contributed by atoms with Crippen molar-refractivity contribution in [3.05, 3.63) is 52.2 Å². The number of fused-ring (bicyclic) bond motifs is 1. The smallest absolute Gasteiger partial charge is 0.269 e. The minimum atomic E-state index is -0.461. The molecule has 0 fully saturated rings. The number of hydrogen-bond donors (Lipinski definition) is 2. The molecule has 0 spiro atoms. The first-order valence-electron chi connectivity index (χ1n) is 10.7. The topological polar surface area (TPSA) is 128 Å². The fourth-order valence-electron chi connectivity index (χ4n) is 2.95. The van der Waals surface area contributed by atoms with Crippen molar-refractivity contribution < 1.29 is 9.72 Å². The summed E-state index contributed by atoms with van der Waals surface area (Å²) in [6.07, 6.45) is 4.75. The lowest BCUT2D eigenvalue weighted by molar-refractivity contribution is -0.384. The largest absolute Gasteiger partial charge is 0.369 e. The summed E-state index contributed by atoms with van der Waals surface area (Å²) in [5.41, 5.74) is 1.44. The molecule has 1 aromatic carbocycles. The highest BCUT2D eigenvalue weighted by atomic mass is 32.2. The second kappa shape index (κ2) is 11.4. The Hall–Kier alpha value is -3.47. The molecular formula is C22H27N7O3S. The summed E-state index contributed by atoms with van der Waals surface area (Å²) in [5, 5.41) is 22.9. The van der Waals surface area contributed by atoms with Gasteiger partial charge in [-0.2, -0.15) is 5.10 Å². The number of nitro benzene ring substituents is 1. The number of carbonyl (C=O) groups is 1. The minimum absolute atomic E-state index is 0.00918. The number of anilines is 1. The van der Waals surface area contributed by atoms with Gasteiger partial charge in [-0.25, -0.2) is 14.6 Å². The van der Waals surface area contributed by atoms with Crippen molar-refractivity contribution in [1.29, 1.82) is 0 Å². The molecule has 0 saturated carbocycles. The monoisotopic (exact) mass is 469 g/mol. The van der Waals surface area contributed by atoms with Gasteiger partial charge in [0.05, 0.1) is 23.1 Å². The predicted molar refractivity (Wildman–Crippen MR) is 130 cm³/mol. The standard InChI is InChI=1S/C22H27N7O3S/c1-4-33-22-26-20(24-13-15(2)3)18-14-25-28(21(18)27-22)12-11-23-19(30)10-7-16-5-8-17(9-6-16)29(31)32/h5-10,14-15H,4,11-13H2,1-3H3,(H,23,30)(H,24,26,27)/b10-7-. The number of hydrogen-bond acceptors (Lipinski definition) is 8. The van der Waals surface area contributed by atoms with Crippen LogP contribution in [0.15, 0.2) is 41.7 Å². The van der Waals surface area contributed by atoms with Gasteiger partial charge in [-0.3, -0.25) is 14.9 Å². The van der Waals surface area contributed by atoms with Gasteiger partial charge in [0.15, 0.2) is 10.8 Å². The van der Waals surface area contributed by atoms with E-state index < -0.39 is 4.92 Å². The number of nitrogens with zero attached hydrogens (tertiary/aromatic N) is 5. The van der Waals surface area contributed by atoms with E-state index in [1.807, 2.05) is 0 Å². The fourth-order valence-corrected chi connectivity index (χ4v) is 3.52. The molecule has 0 aliphatic carbocycles. The molecule has 0 radical (unpaired) electrons. The van der Waals surface area contributed by atoms with E-state index >= 15 is 0 Å². The first-order valence-corrected chi connectivity index (χ1v) is 11.7. The molecule has 0 aliphatic rings. The number of rotatable bonds is 11. The molecule has 2 aromatic heterocycles. The first kappa shape index (κ1) is 24.2. The van der Waals surface area contributed by atoms with E-state index in [0.29, 0.717) is 29.7 Å². The van der Waals surface area contributed by atoms with Gasteiger partial charge in [0.25, 0.3) is 5.69 Å². The third-order valence-corrected chi connectivity index (χ3v) is 5.31. The number of nitro groups is 1. The number of aromatic nitrogens is 4. The summed E-state index contributed by atoms with van der Waals surface area (Å²) in [7, 11) is 0. The number of carbonyl (C=O) groups excluding carboxylic acids is 1. The summed E-state index contributed by atoms with van der Waals surface area (Å²) in [4.78, 5) is 31.7. The summed E-state index contributed by atoms with van der Waals surface area (Å²) < 4.78 is 1.76. The summed E-state index contributed by atoms with van der Waals surface area (Å²) >= 11 is 1.57. The van der Waals surface area contributed by atoms with Crippen LogP contribution in [0.5, 0.6) is 0 Å². The van der Waals surface area contributed by atoms with Crippen LogP contribution in [0.1, 0.15) is 26.3 Å². The van der Waals surface area contributed by atoms with Crippen LogP contribution in [0.4, 0.5) is 11.5 Å². The van der Waals surface area contributed by atoms with Gasteiger partial charge in [0, 0.05) is 31.3 Å². The average Bonchev–Trinajstić information content (AvgIpc) is 3.19. The maximum Gasteiger partial charge on any atom is 0.269 e. The van der Waals surface area contributed by atoms with Crippen LogP contribution in [-0.2, 0) is 11.3 Å². The molecule has 11 heteroatoms. The molecule has 2 heterocycles. The van der Waals surface area contributed by atoms with Crippen molar-refractivity contribution >= 4 is 46.3 Å². The normalized spacial score (nSPS) is 11.4. The number of thioether (sulfide) groups is 1. The van der Waals surface area contributed by atoms with Gasteiger partial charge in [0.1, 0.15) is 5.82 Å². The zero-order valence-electron chi connectivity index (χ0n) is 18.8. The van der Waals surface area contributed by atoms with E-state index in [2.05, 4.69) is 46.5 Å². The molecule has 0 atom stereocenters. The Morgan fingerprint density at radius 1 is 1.27 bits per heavy atom. The first-order chi connectivity index (χ1) is 15.9. The van der Waals surface area contributed by atoms with Gasteiger partial charge in [0.2, 0.25) is 5.91 Å². The van der Waals surface area contributed by atoms with Crippen molar-refractivity contribution in [2.24, 2.45) is 5.92 Å². The average molecular weight is 470 g/mol. The molecule has 174 valence electrons. The van der Waals surface area contributed by atoms with Crippen molar-refractivity contribution in [3.63, 3.8) is 0 Å². The van der Waals surface area contributed by atoms with Crippen LogP contribution in [0.3, 0.4) is 0 Å². The number of non-ortho nitro benzene ring substituents is 1. The molecule has 3 aromatic rings. The zero-order chi connectivity index (χ0) is 23.8. The maximum absolute atomic E-state index is 12.2. The Balaban J connectivity index is 1.63. The lowest BCUT2D eigenvalue weighted by Crippen LogP contribution is -2.25. The molecule has 2 N–H and O–H groups in total. The number of amides is 1. The van der Waals surface area contributed by atoms with Gasteiger partial charge in [-0.05, 0) is 35.4 Å². The Labute approximate surface area is 196 Å². The van der Waals surface area contributed by atoms with Crippen LogP contribution >= 0.6 is 11.8 Å². The molecular weight excluding hydrogens is 442 g/mol. The predicted octanol–water partition coefficient (Wildman–Crippen LogP) is 3.74. The fraction of sp³-hybridized carbons (Fsp3) is 0.364. The van der Waals surface area contributed by atoms with Crippen LogP contribution in [-0.4, -0.2) is 49.4 Å². The van der Waals surface area contributed by atoms with Crippen molar-refractivity contribution in [1.82, 2.24) is 25.1 Å². The minimum Gasteiger partial charge on any atom is -0.369 e. The summed E-state index contributed by atoms with van der Waals surface area (Å²) in [6.45, 7) is 7.94. The van der Waals surface area contributed by atoms with Gasteiger partial charge >= 0.3 is 0 Å². The summed E-state index contributed by atoms with van der Waals surface area (Å²) in [5.74, 6) is 1.84. The summed E-state index contributed by atoms with van der Waals surface area (Å²) in [6, 6.07) is 5.98. The molecule has 3 rings (SSSR count). The number of nitrogens with one attached hydrogen (secondary N) is 2. The maximum atomic E-state index is 12.2. The highest BCUT2D eigenvalue weighted by molar-refractivity contribution is 7.99. The second-order valence-electron chi connectivity index (χ2n) is 7.64. The van der Waals surface area contributed by atoms with Gasteiger partial charge in [-0.15, -0.1) is 0 Å². The molecule has 1 amide bonds. The molecule has 10 nitrogen and oxygen atoms in total. The van der Waals surface area contributed by atoms with E-state index in [9.17, 15) is 14.9 Å². The van der Waals surface area contributed by atoms with Crippen LogP contribution in [0.25, 0.3) is 17.1 Å². The lowest BCUT2D eigenvalue weighted by atomic mass is 10.2. The highest BCUT2D eigenvalue weighted by Gasteiger charge is 2.13. The van der Waals surface area contributed by atoms with E-state index in [1.54, 1.807) is 40.8 Å². The molecule has 0 bridgehead atoms. The van der Waals surface area contributed by atoms with E-state index in [-0.39, 0.29) is 11.6 Å². The third-order valence-electron chi connectivity index (χ3n) is 4.58.